The fraction of sp³-hybridized carbons (Fsp3) is 0.125. The summed E-state index contributed by atoms with van der Waals surface area (Å²) >= 11 is 5.10. The lowest BCUT2D eigenvalue weighted by molar-refractivity contribution is 0.721. The highest BCUT2D eigenvalue weighted by atomic mass is 32.1. The number of rotatable bonds is 4. The molecule has 0 bridgehead atoms. The van der Waals surface area contributed by atoms with Crippen molar-refractivity contribution < 1.29 is 0 Å². The summed E-state index contributed by atoms with van der Waals surface area (Å²) in [5.74, 6) is 0. The zero-order valence-corrected chi connectivity index (χ0v) is 11.8. The minimum atomic E-state index is 0.445. The van der Waals surface area contributed by atoms with Gasteiger partial charge in [0.2, 0.25) is 0 Å². The molecule has 4 heteroatoms. The van der Waals surface area contributed by atoms with Gasteiger partial charge >= 0.3 is 0 Å². The summed E-state index contributed by atoms with van der Waals surface area (Å²) in [4.78, 5) is 4.59. The number of hydrogen-bond acceptors (Lipinski definition) is 2. The van der Waals surface area contributed by atoms with Crippen molar-refractivity contribution in [2.24, 2.45) is 5.73 Å². The summed E-state index contributed by atoms with van der Waals surface area (Å²) in [5.41, 5.74) is 9.11. The Morgan fingerprint density at radius 1 is 1.20 bits per heavy atom. The van der Waals surface area contributed by atoms with Gasteiger partial charge in [0.05, 0.1) is 0 Å². The topological polar surface area (TPSA) is 43.8 Å². The molecule has 0 fully saturated rings. The number of nitrogens with zero attached hydrogens (tertiary/aromatic N) is 2. The predicted octanol–water partition coefficient (Wildman–Crippen LogP) is 2.91. The Bertz CT molecular complexity index is 747. The van der Waals surface area contributed by atoms with E-state index >= 15 is 0 Å². The summed E-state index contributed by atoms with van der Waals surface area (Å²) < 4.78 is 2.23. The second-order valence-electron chi connectivity index (χ2n) is 4.72. The van der Waals surface area contributed by atoms with Crippen molar-refractivity contribution in [2.45, 2.75) is 13.0 Å². The molecular formula is C16H15N3S. The van der Waals surface area contributed by atoms with Crippen molar-refractivity contribution in [3.05, 3.63) is 66.1 Å². The first-order valence-corrected chi connectivity index (χ1v) is 6.93. The molecule has 0 saturated carbocycles. The van der Waals surface area contributed by atoms with Crippen molar-refractivity contribution in [1.82, 2.24) is 9.55 Å². The molecule has 0 amide bonds. The van der Waals surface area contributed by atoms with E-state index < -0.39 is 0 Å². The van der Waals surface area contributed by atoms with E-state index in [0.717, 1.165) is 23.9 Å². The second kappa shape index (κ2) is 5.43. The molecular weight excluding hydrogens is 266 g/mol. The van der Waals surface area contributed by atoms with Gasteiger partial charge in [0.25, 0.3) is 0 Å². The highest BCUT2D eigenvalue weighted by Gasteiger charge is 2.07. The summed E-state index contributed by atoms with van der Waals surface area (Å²) in [6, 6.07) is 12.2. The van der Waals surface area contributed by atoms with Gasteiger partial charge < -0.3 is 10.3 Å². The maximum Gasteiger partial charge on any atom is 0.104 e. The summed E-state index contributed by atoms with van der Waals surface area (Å²) in [6.45, 7) is 0.913. The molecule has 100 valence electrons. The molecule has 2 heterocycles. The van der Waals surface area contributed by atoms with Crippen LogP contribution in [-0.2, 0) is 13.0 Å². The van der Waals surface area contributed by atoms with E-state index in [4.69, 9.17) is 18.0 Å². The van der Waals surface area contributed by atoms with Crippen LogP contribution in [0.2, 0.25) is 0 Å². The Balaban J connectivity index is 1.90. The molecule has 0 radical (unpaired) electrons. The third-order valence-electron chi connectivity index (χ3n) is 3.44. The zero-order chi connectivity index (χ0) is 13.9. The van der Waals surface area contributed by atoms with Crippen LogP contribution in [0.25, 0.3) is 10.9 Å². The number of pyridine rings is 1. The average molecular weight is 281 g/mol. The van der Waals surface area contributed by atoms with Gasteiger partial charge in [-0.2, -0.15) is 0 Å². The molecule has 0 saturated heterocycles. The molecule has 20 heavy (non-hydrogen) atoms. The zero-order valence-electron chi connectivity index (χ0n) is 11.0. The molecule has 2 aromatic heterocycles. The number of aryl methyl sites for hydroxylation is 2. The number of nitrogens with two attached hydrogens (primary N) is 1. The summed E-state index contributed by atoms with van der Waals surface area (Å²) in [7, 11) is 0. The second-order valence-corrected chi connectivity index (χ2v) is 5.16. The molecule has 2 N–H and O–H groups in total. The number of hydrogen-bond donors (Lipinski definition) is 1. The fourth-order valence-corrected chi connectivity index (χ4v) is 2.61. The minimum absolute atomic E-state index is 0.445. The predicted molar refractivity (Wildman–Crippen MR) is 85.8 cm³/mol. The van der Waals surface area contributed by atoms with E-state index in [2.05, 4.69) is 33.9 Å². The van der Waals surface area contributed by atoms with Crippen molar-refractivity contribution in [3.8, 4) is 0 Å². The SMILES string of the molecule is NC(=S)c1cccc2c1ccn2CCc1cccnc1. The highest BCUT2D eigenvalue weighted by Crippen LogP contribution is 2.20. The van der Waals surface area contributed by atoms with Crippen molar-refractivity contribution in [1.29, 1.82) is 0 Å². The lowest BCUT2D eigenvalue weighted by Crippen LogP contribution is -2.09. The third-order valence-corrected chi connectivity index (χ3v) is 3.66. The van der Waals surface area contributed by atoms with Gasteiger partial charge in [-0.15, -0.1) is 0 Å². The quantitative estimate of drug-likeness (QED) is 0.748. The molecule has 0 aliphatic heterocycles. The van der Waals surface area contributed by atoms with E-state index in [1.165, 1.54) is 11.1 Å². The number of benzene rings is 1. The van der Waals surface area contributed by atoms with Gasteiger partial charge in [0.15, 0.2) is 0 Å². The van der Waals surface area contributed by atoms with Crippen LogP contribution in [0, 0.1) is 0 Å². The molecule has 0 unspecified atom stereocenters. The van der Waals surface area contributed by atoms with Crippen LogP contribution in [0.1, 0.15) is 11.1 Å². The van der Waals surface area contributed by atoms with Crippen molar-refractivity contribution >= 4 is 28.1 Å². The van der Waals surface area contributed by atoms with Gasteiger partial charge in [-0.05, 0) is 30.2 Å². The van der Waals surface area contributed by atoms with Gasteiger partial charge in [0, 0.05) is 41.6 Å². The number of aromatic nitrogens is 2. The van der Waals surface area contributed by atoms with Crippen molar-refractivity contribution in [2.75, 3.05) is 0 Å². The summed E-state index contributed by atoms with van der Waals surface area (Å²) in [6.07, 6.45) is 6.74. The normalized spacial score (nSPS) is 10.8. The van der Waals surface area contributed by atoms with Gasteiger partial charge in [-0.3, -0.25) is 4.98 Å². The Labute approximate surface area is 123 Å². The molecule has 3 rings (SSSR count). The van der Waals surface area contributed by atoms with Crippen LogP contribution < -0.4 is 5.73 Å². The van der Waals surface area contributed by atoms with E-state index in [1.807, 2.05) is 24.4 Å². The Hall–Kier alpha value is -2.20. The molecule has 0 atom stereocenters. The Morgan fingerprint density at radius 3 is 2.85 bits per heavy atom. The van der Waals surface area contributed by atoms with E-state index in [1.54, 1.807) is 6.20 Å². The first-order chi connectivity index (χ1) is 9.75. The fourth-order valence-electron chi connectivity index (χ4n) is 2.43. The number of thiocarbonyl (C=S) groups is 1. The smallest absolute Gasteiger partial charge is 0.104 e. The van der Waals surface area contributed by atoms with E-state index in [9.17, 15) is 0 Å². The maximum absolute atomic E-state index is 5.77. The molecule has 1 aromatic carbocycles. The van der Waals surface area contributed by atoms with Crippen LogP contribution in [0.3, 0.4) is 0 Å². The molecule has 3 nitrogen and oxygen atoms in total. The van der Waals surface area contributed by atoms with Crippen molar-refractivity contribution in [3.63, 3.8) is 0 Å². The monoisotopic (exact) mass is 281 g/mol. The van der Waals surface area contributed by atoms with Crippen LogP contribution in [0.15, 0.2) is 55.0 Å². The lowest BCUT2D eigenvalue weighted by Gasteiger charge is -2.07. The lowest BCUT2D eigenvalue weighted by atomic mass is 10.1. The van der Waals surface area contributed by atoms with Crippen LogP contribution in [0.5, 0.6) is 0 Å². The molecule has 0 aliphatic carbocycles. The maximum atomic E-state index is 5.77. The molecule has 0 spiro atoms. The largest absolute Gasteiger partial charge is 0.389 e. The standard InChI is InChI=1S/C16H15N3S/c17-16(20)14-4-1-5-15-13(14)7-10-19(15)9-6-12-3-2-8-18-11-12/h1-5,7-8,10-11H,6,9H2,(H2,17,20). The van der Waals surface area contributed by atoms with Gasteiger partial charge in [0.1, 0.15) is 4.99 Å². The average Bonchev–Trinajstić information content (AvgIpc) is 2.89. The number of fused-ring (bicyclic) bond motifs is 1. The van der Waals surface area contributed by atoms with Gasteiger partial charge in [-0.25, -0.2) is 0 Å². The minimum Gasteiger partial charge on any atom is -0.389 e. The molecule has 0 aliphatic rings. The first kappa shape index (κ1) is 12.8. The Kier molecular flexibility index (Phi) is 3.48. The third kappa shape index (κ3) is 2.42. The summed E-state index contributed by atoms with van der Waals surface area (Å²) in [5, 5.41) is 1.12. The van der Waals surface area contributed by atoms with Crippen LogP contribution in [-0.4, -0.2) is 14.5 Å². The first-order valence-electron chi connectivity index (χ1n) is 6.52. The van der Waals surface area contributed by atoms with Gasteiger partial charge in [-0.1, -0.05) is 30.4 Å². The highest BCUT2D eigenvalue weighted by molar-refractivity contribution is 7.80. The van der Waals surface area contributed by atoms with E-state index in [-0.39, 0.29) is 0 Å². The van der Waals surface area contributed by atoms with Crippen LogP contribution in [0.4, 0.5) is 0 Å². The Morgan fingerprint density at radius 2 is 2.10 bits per heavy atom. The molecule has 3 aromatic rings. The van der Waals surface area contributed by atoms with Crippen LogP contribution >= 0.6 is 12.2 Å². The van der Waals surface area contributed by atoms with E-state index in [0.29, 0.717) is 4.99 Å².